The number of hydrogen-bond acceptors (Lipinski definition) is 5. The molecule has 0 aliphatic carbocycles. The number of amides is 1. The van der Waals surface area contributed by atoms with Crippen LogP contribution in [0, 0.1) is 11.3 Å². The second kappa shape index (κ2) is 7.54. The average molecular weight is 322 g/mol. The number of carbonyl (C=O) groups is 2. The molecule has 120 valence electrons. The van der Waals surface area contributed by atoms with E-state index in [0.29, 0.717) is 28.8 Å². The van der Waals surface area contributed by atoms with Gasteiger partial charge < -0.3 is 15.0 Å². The molecule has 0 unspecified atom stereocenters. The Morgan fingerprint density at radius 1 is 1.32 bits per heavy atom. The number of thiophene rings is 1. The monoisotopic (exact) mass is 322 g/mol. The molecule has 0 spiro atoms. The summed E-state index contributed by atoms with van der Waals surface area (Å²) < 4.78 is 4.66. The van der Waals surface area contributed by atoms with Crippen LogP contribution in [0.25, 0.3) is 0 Å². The summed E-state index contributed by atoms with van der Waals surface area (Å²) in [5.41, 5.74) is 0.818. The van der Waals surface area contributed by atoms with Gasteiger partial charge in [0.2, 0.25) is 0 Å². The zero-order valence-corrected chi connectivity index (χ0v) is 13.9. The molecule has 5 nitrogen and oxygen atoms in total. The third-order valence-corrected chi connectivity index (χ3v) is 5.05. The van der Waals surface area contributed by atoms with Crippen LogP contribution >= 0.6 is 11.3 Å². The van der Waals surface area contributed by atoms with Crippen molar-refractivity contribution in [2.75, 3.05) is 20.2 Å². The number of rotatable bonds is 5. The minimum absolute atomic E-state index is 0.0272. The molecule has 0 atom stereocenters. The molecule has 1 amide bonds. The van der Waals surface area contributed by atoms with Crippen LogP contribution < -0.4 is 0 Å². The number of piperidine rings is 1. The highest BCUT2D eigenvalue weighted by molar-refractivity contribution is 7.15. The summed E-state index contributed by atoms with van der Waals surface area (Å²) in [4.78, 5) is 26.7. The van der Waals surface area contributed by atoms with Crippen molar-refractivity contribution in [1.82, 2.24) is 4.90 Å². The standard InChI is InChI=1S/C16H22N2O3S/c1-3-4-12(17)11-7-9-18(10-8-11)15(19)13-5-6-14(22-13)16(20)21-2/h5-6,11,17H,3-4,7-10H2,1-2H3. The fourth-order valence-corrected chi connectivity index (χ4v) is 3.62. The Morgan fingerprint density at radius 2 is 1.95 bits per heavy atom. The van der Waals surface area contributed by atoms with Crippen molar-refractivity contribution in [2.45, 2.75) is 32.6 Å². The van der Waals surface area contributed by atoms with Crippen molar-refractivity contribution in [2.24, 2.45) is 5.92 Å². The Hall–Kier alpha value is -1.69. The molecular formula is C16H22N2O3S. The molecule has 1 aromatic heterocycles. The van der Waals surface area contributed by atoms with Gasteiger partial charge in [-0.25, -0.2) is 4.79 Å². The first kappa shape index (κ1) is 16.7. The first-order valence-electron chi connectivity index (χ1n) is 7.61. The Labute approximate surface area is 134 Å². The van der Waals surface area contributed by atoms with Crippen LogP contribution in [0.3, 0.4) is 0 Å². The van der Waals surface area contributed by atoms with Gasteiger partial charge in [-0.3, -0.25) is 4.79 Å². The predicted molar refractivity (Wildman–Crippen MR) is 86.9 cm³/mol. The molecule has 1 aromatic rings. The van der Waals surface area contributed by atoms with Crippen LogP contribution in [-0.2, 0) is 4.74 Å². The topological polar surface area (TPSA) is 70.5 Å². The average Bonchev–Trinajstić information content (AvgIpc) is 3.03. The SMILES string of the molecule is CCCC(=N)C1CCN(C(=O)c2ccc(C(=O)OC)s2)CC1. The Morgan fingerprint density at radius 3 is 2.55 bits per heavy atom. The van der Waals surface area contributed by atoms with E-state index in [-0.39, 0.29) is 5.91 Å². The van der Waals surface area contributed by atoms with Crippen molar-refractivity contribution in [3.05, 3.63) is 21.9 Å². The zero-order chi connectivity index (χ0) is 16.1. The molecule has 22 heavy (non-hydrogen) atoms. The molecule has 0 saturated carbocycles. The van der Waals surface area contributed by atoms with Crippen molar-refractivity contribution in [3.63, 3.8) is 0 Å². The van der Waals surface area contributed by atoms with E-state index in [4.69, 9.17) is 5.41 Å². The number of nitrogens with one attached hydrogen (secondary N) is 1. The van der Waals surface area contributed by atoms with Gasteiger partial charge in [0.25, 0.3) is 5.91 Å². The van der Waals surface area contributed by atoms with Gasteiger partial charge in [0, 0.05) is 18.8 Å². The van der Waals surface area contributed by atoms with Gasteiger partial charge in [0.05, 0.1) is 12.0 Å². The summed E-state index contributed by atoms with van der Waals surface area (Å²) in [6.45, 7) is 3.45. The molecule has 2 rings (SSSR count). The lowest BCUT2D eigenvalue weighted by Gasteiger charge is -2.32. The Bertz CT molecular complexity index is 559. The zero-order valence-electron chi connectivity index (χ0n) is 13.1. The number of likely N-dealkylation sites (tertiary alicyclic amines) is 1. The Kier molecular flexibility index (Phi) is 5.71. The smallest absolute Gasteiger partial charge is 0.348 e. The normalized spacial score (nSPS) is 15.6. The Balaban J connectivity index is 1.93. The lowest BCUT2D eigenvalue weighted by atomic mass is 9.90. The first-order valence-corrected chi connectivity index (χ1v) is 8.43. The molecule has 1 saturated heterocycles. The molecule has 1 aliphatic heterocycles. The van der Waals surface area contributed by atoms with Crippen molar-refractivity contribution in [3.8, 4) is 0 Å². The van der Waals surface area contributed by atoms with E-state index in [1.54, 1.807) is 12.1 Å². The van der Waals surface area contributed by atoms with E-state index < -0.39 is 5.97 Å². The number of esters is 1. The van der Waals surface area contributed by atoms with E-state index in [1.807, 2.05) is 4.90 Å². The lowest BCUT2D eigenvalue weighted by Crippen LogP contribution is -2.39. The highest BCUT2D eigenvalue weighted by Gasteiger charge is 2.26. The number of carbonyl (C=O) groups excluding carboxylic acids is 2. The number of methoxy groups -OCH3 is 1. The molecule has 1 N–H and O–H groups in total. The fourth-order valence-electron chi connectivity index (χ4n) is 2.72. The van der Waals surface area contributed by atoms with E-state index in [9.17, 15) is 9.59 Å². The van der Waals surface area contributed by atoms with Crippen LogP contribution in [-0.4, -0.2) is 42.7 Å². The number of nitrogens with zero attached hydrogens (tertiary/aromatic N) is 1. The van der Waals surface area contributed by atoms with E-state index >= 15 is 0 Å². The largest absolute Gasteiger partial charge is 0.465 e. The van der Waals surface area contributed by atoms with Gasteiger partial charge in [-0.1, -0.05) is 13.3 Å². The maximum absolute atomic E-state index is 12.5. The van der Waals surface area contributed by atoms with E-state index in [0.717, 1.165) is 31.4 Å². The molecule has 0 aromatic carbocycles. The molecule has 6 heteroatoms. The molecule has 1 aliphatic rings. The van der Waals surface area contributed by atoms with Crippen molar-refractivity contribution in [1.29, 1.82) is 5.41 Å². The summed E-state index contributed by atoms with van der Waals surface area (Å²) in [5.74, 6) is -0.116. The second-order valence-corrected chi connectivity index (χ2v) is 6.58. The maximum atomic E-state index is 12.5. The van der Waals surface area contributed by atoms with Crippen molar-refractivity contribution < 1.29 is 14.3 Å². The summed E-state index contributed by atoms with van der Waals surface area (Å²) in [6.07, 6.45) is 3.58. The highest BCUT2D eigenvalue weighted by Crippen LogP contribution is 2.24. The predicted octanol–water partition coefficient (Wildman–Crippen LogP) is 3.21. The minimum atomic E-state index is -0.407. The lowest BCUT2D eigenvalue weighted by molar-refractivity contribution is 0.0606. The van der Waals surface area contributed by atoms with Crippen molar-refractivity contribution >= 4 is 28.9 Å². The van der Waals surface area contributed by atoms with Gasteiger partial charge in [-0.05, 0) is 37.3 Å². The number of hydrogen-bond donors (Lipinski definition) is 1. The van der Waals surface area contributed by atoms with E-state index in [2.05, 4.69) is 11.7 Å². The molecular weight excluding hydrogens is 300 g/mol. The molecule has 2 heterocycles. The van der Waals surface area contributed by atoms with Gasteiger partial charge >= 0.3 is 5.97 Å². The van der Waals surface area contributed by atoms with Gasteiger partial charge in [0.1, 0.15) is 4.88 Å². The summed E-state index contributed by atoms with van der Waals surface area (Å²) >= 11 is 1.17. The van der Waals surface area contributed by atoms with Crippen LogP contribution in [0.4, 0.5) is 0 Å². The minimum Gasteiger partial charge on any atom is -0.465 e. The number of ether oxygens (including phenoxy) is 1. The third kappa shape index (κ3) is 3.74. The quantitative estimate of drug-likeness (QED) is 0.668. The third-order valence-electron chi connectivity index (χ3n) is 4.00. The summed E-state index contributed by atoms with van der Waals surface area (Å²) in [5, 5.41) is 8.04. The maximum Gasteiger partial charge on any atom is 0.348 e. The second-order valence-electron chi connectivity index (χ2n) is 5.50. The first-order chi connectivity index (χ1) is 10.6. The summed E-state index contributed by atoms with van der Waals surface area (Å²) in [7, 11) is 1.33. The molecule has 0 bridgehead atoms. The molecule has 0 radical (unpaired) electrons. The fraction of sp³-hybridized carbons (Fsp3) is 0.562. The molecule has 1 fully saturated rings. The van der Waals surface area contributed by atoms with Crippen LogP contribution in [0.2, 0.25) is 0 Å². The van der Waals surface area contributed by atoms with Crippen LogP contribution in [0.1, 0.15) is 52.0 Å². The van der Waals surface area contributed by atoms with Crippen LogP contribution in [0.15, 0.2) is 12.1 Å². The van der Waals surface area contributed by atoms with Gasteiger partial charge in [-0.15, -0.1) is 11.3 Å². The summed E-state index contributed by atoms with van der Waals surface area (Å²) in [6, 6.07) is 3.32. The van der Waals surface area contributed by atoms with Crippen LogP contribution in [0.5, 0.6) is 0 Å². The van der Waals surface area contributed by atoms with E-state index in [1.165, 1.54) is 18.4 Å². The van der Waals surface area contributed by atoms with Gasteiger partial charge in [-0.2, -0.15) is 0 Å². The highest BCUT2D eigenvalue weighted by atomic mass is 32.1. The van der Waals surface area contributed by atoms with Gasteiger partial charge in [0.15, 0.2) is 0 Å².